The van der Waals surface area contributed by atoms with Gasteiger partial charge < -0.3 is 19.5 Å². The molecule has 3 aromatic rings. The number of hydrogen-bond acceptors (Lipinski definition) is 7. The average molecular weight is 479 g/mol. The number of nitrogens with one attached hydrogen (secondary N) is 1. The Morgan fingerprint density at radius 3 is 2.41 bits per heavy atom. The van der Waals surface area contributed by atoms with E-state index in [4.69, 9.17) is 14.2 Å². The number of benzene rings is 3. The van der Waals surface area contributed by atoms with Crippen molar-refractivity contribution in [2.24, 2.45) is 0 Å². The number of amides is 2. The molecule has 1 aliphatic heterocycles. The first-order valence-electron chi connectivity index (χ1n) is 10.3. The van der Waals surface area contributed by atoms with E-state index in [1.807, 2.05) is 12.1 Å². The number of carbonyl (C=O) groups excluding carboxylic acids is 3. The lowest BCUT2D eigenvalue weighted by Gasteiger charge is -2.23. The van der Waals surface area contributed by atoms with Crippen molar-refractivity contribution in [1.29, 1.82) is 0 Å². The van der Waals surface area contributed by atoms with Gasteiger partial charge in [0.05, 0.1) is 38.1 Å². The first kappa shape index (κ1) is 23.2. The molecule has 3 aromatic carbocycles. The smallest absolute Gasteiger partial charge is 0.337 e. The molecule has 4 rings (SSSR count). The Morgan fingerprint density at radius 2 is 1.68 bits per heavy atom. The van der Waals surface area contributed by atoms with E-state index in [2.05, 4.69) is 5.32 Å². The van der Waals surface area contributed by atoms with Gasteiger partial charge in [-0.1, -0.05) is 23.9 Å². The molecule has 0 aromatic heterocycles. The topological polar surface area (TPSA) is 94.2 Å². The second-order valence-electron chi connectivity index (χ2n) is 7.28. The van der Waals surface area contributed by atoms with Crippen molar-refractivity contribution in [3.63, 3.8) is 0 Å². The molecule has 2 amide bonds. The van der Waals surface area contributed by atoms with Crippen LogP contribution in [0.3, 0.4) is 0 Å². The van der Waals surface area contributed by atoms with E-state index in [1.165, 1.54) is 38.0 Å². The van der Waals surface area contributed by atoms with Crippen LogP contribution in [0.4, 0.5) is 11.4 Å². The van der Waals surface area contributed by atoms with Gasteiger partial charge in [-0.15, -0.1) is 0 Å². The van der Waals surface area contributed by atoms with Crippen molar-refractivity contribution in [2.75, 3.05) is 38.1 Å². The minimum absolute atomic E-state index is 0.264. The van der Waals surface area contributed by atoms with Gasteiger partial charge in [-0.25, -0.2) is 4.79 Å². The standard InChI is InChI=1S/C25H22N2O6S/c1-31-19-10-9-16(13-20(19)32-2)26-23(28)14-27-18-12-15(25(30)33-3)8-11-22(18)34-21-7-5-4-6-17(21)24(27)29/h4-13H,14H2,1-3H3,(H,26,28). The Labute approximate surface area is 200 Å². The third kappa shape index (κ3) is 4.55. The lowest BCUT2D eigenvalue weighted by Crippen LogP contribution is -2.38. The van der Waals surface area contributed by atoms with E-state index < -0.39 is 11.9 Å². The van der Waals surface area contributed by atoms with Crippen molar-refractivity contribution in [1.82, 2.24) is 0 Å². The van der Waals surface area contributed by atoms with Crippen LogP contribution < -0.4 is 19.7 Å². The van der Waals surface area contributed by atoms with Crippen LogP contribution in [0.5, 0.6) is 11.5 Å². The van der Waals surface area contributed by atoms with Gasteiger partial charge >= 0.3 is 5.97 Å². The number of ether oxygens (including phenoxy) is 3. The highest BCUT2D eigenvalue weighted by atomic mass is 32.2. The summed E-state index contributed by atoms with van der Waals surface area (Å²) in [5.74, 6) is -0.298. The van der Waals surface area contributed by atoms with Gasteiger partial charge in [0.25, 0.3) is 5.91 Å². The molecule has 1 aliphatic rings. The fourth-order valence-electron chi connectivity index (χ4n) is 3.58. The largest absolute Gasteiger partial charge is 0.493 e. The van der Waals surface area contributed by atoms with E-state index >= 15 is 0 Å². The van der Waals surface area contributed by atoms with E-state index in [0.29, 0.717) is 28.4 Å². The summed E-state index contributed by atoms with van der Waals surface area (Å²) in [7, 11) is 4.32. The lowest BCUT2D eigenvalue weighted by molar-refractivity contribution is -0.114. The van der Waals surface area contributed by atoms with Gasteiger partial charge in [0.15, 0.2) is 11.5 Å². The summed E-state index contributed by atoms with van der Waals surface area (Å²) >= 11 is 1.40. The van der Waals surface area contributed by atoms with Gasteiger partial charge in [0.2, 0.25) is 5.91 Å². The van der Waals surface area contributed by atoms with Gasteiger partial charge in [0.1, 0.15) is 6.54 Å². The summed E-state index contributed by atoms with van der Waals surface area (Å²) in [5.41, 5.74) is 1.70. The predicted molar refractivity (Wildman–Crippen MR) is 128 cm³/mol. The second-order valence-corrected chi connectivity index (χ2v) is 8.37. The molecule has 8 nitrogen and oxygen atoms in total. The number of carbonyl (C=O) groups is 3. The summed E-state index contributed by atoms with van der Waals surface area (Å²) in [6.07, 6.45) is 0. The maximum atomic E-state index is 13.5. The number of nitrogens with zero attached hydrogens (tertiary/aromatic N) is 1. The summed E-state index contributed by atoms with van der Waals surface area (Å²) in [4.78, 5) is 41.5. The normalized spacial score (nSPS) is 12.2. The van der Waals surface area contributed by atoms with Crippen molar-refractivity contribution in [2.45, 2.75) is 9.79 Å². The Morgan fingerprint density at radius 1 is 0.912 bits per heavy atom. The summed E-state index contributed by atoms with van der Waals surface area (Å²) in [5, 5.41) is 2.79. The second kappa shape index (κ2) is 9.88. The third-order valence-electron chi connectivity index (χ3n) is 5.22. The van der Waals surface area contributed by atoms with Gasteiger partial charge in [-0.2, -0.15) is 0 Å². The molecule has 0 unspecified atom stereocenters. The first-order chi connectivity index (χ1) is 16.4. The molecule has 0 fully saturated rings. The highest BCUT2D eigenvalue weighted by Gasteiger charge is 2.29. The van der Waals surface area contributed by atoms with Gasteiger partial charge in [-0.05, 0) is 42.5 Å². The minimum atomic E-state index is -0.531. The zero-order valence-electron chi connectivity index (χ0n) is 18.8. The number of hydrogen-bond donors (Lipinski definition) is 1. The molecule has 0 bridgehead atoms. The maximum Gasteiger partial charge on any atom is 0.337 e. The van der Waals surface area contributed by atoms with Crippen LogP contribution in [-0.4, -0.2) is 45.7 Å². The molecular formula is C25H22N2O6S. The summed E-state index contributed by atoms with van der Waals surface area (Å²) < 4.78 is 15.3. The lowest BCUT2D eigenvalue weighted by atomic mass is 10.1. The molecule has 9 heteroatoms. The third-order valence-corrected chi connectivity index (χ3v) is 6.36. The predicted octanol–water partition coefficient (Wildman–Crippen LogP) is 4.24. The van der Waals surface area contributed by atoms with Crippen molar-refractivity contribution >= 4 is 40.9 Å². The summed E-state index contributed by atoms with van der Waals surface area (Å²) in [6.45, 7) is -0.264. The van der Waals surface area contributed by atoms with Gasteiger partial charge in [0, 0.05) is 21.5 Å². The SMILES string of the molecule is COC(=O)c1ccc2c(c1)N(CC(=O)Nc1ccc(OC)c(OC)c1)C(=O)c1ccccc1S2. The molecule has 0 radical (unpaired) electrons. The Balaban J connectivity index is 1.68. The zero-order valence-corrected chi connectivity index (χ0v) is 19.6. The van der Waals surface area contributed by atoms with E-state index in [1.54, 1.807) is 48.5 Å². The number of fused-ring (bicyclic) bond motifs is 2. The molecule has 174 valence electrons. The molecule has 34 heavy (non-hydrogen) atoms. The molecule has 0 atom stereocenters. The number of esters is 1. The molecule has 0 aliphatic carbocycles. The molecule has 0 spiro atoms. The van der Waals surface area contributed by atoms with Crippen LogP contribution in [0.15, 0.2) is 70.5 Å². The van der Waals surface area contributed by atoms with Crippen molar-refractivity contribution in [3.05, 3.63) is 71.8 Å². The van der Waals surface area contributed by atoms with Crippen LogP contribution in [-0.2, 0) is 9.53 Å². The van der Waals surface area contributed by atoms with Crippen molar-refractivity contribution in [3.8, 4) is 11.5 Å². The molecule has 1 heterocycles. The van der Waals surface area contributed by atoms with Crippen LogP contribution in [0.1, 0.15) is 20.7 Å². The van der Waals surface area contributed by atoms with E-state index in [-0.39, 0.29) is 18.0 Å². The summed E-state index contributed by atoms with van der Waals surface area (Å²) in [6, 6.07) is 17.1. The van der Waals surface area contributed by atoms with Crippen LogP contribution >= 0.6 is 11.8 Å². The van der Waals surface area contributed by atoms with E-state index in [9.17, 15) is 14.4 Å². The number of anilines is 2. The number of rotatable bonds is 6. The zero-order chi connectivity index (χ0) is 24.2. The Hall–Kier alpha value is -3.98. The monoisotopic (exact) mass is 478 g/mol. The van der Waals surface area contributed by atoms with Gasteiger partial charge in [-0.3, -0.25) is 14.5 Å². The minimum Gasteiger partial charge on any atom is -0.493 e. The molecular weight excluding hydrogens is 456 g/mol. The average Bonchev–Trinajstić information content (AvgIpc) is 2.97. The van der Waals surface area contributed by atoms with Crippen LogP contribution in [0.2, 0.25) is 0 Å². The highest BCUT2D eigenvalue weighted by Crippen LogP contribution is 2.41. The maximum absolute atomic E-state index is 13.5. The molecule has 0 saturated carbocycles. The molecule has 1 N–H and O–H groups in total. The molecule has 0 saturated heterocycles. The fourth-order valence-corrected chi connectivity index (χ4v) is 4.64. The first-order valence-corrected chi connectivity index (χ1v) is 11.1. The highest BCUT2D eigenvalue weighted by molar-refractivity contribution is 7.99. The van der Waals surface area contributed by atoms with Crippen LogP contribution in [0, 0.1) is 0 Å². The quantitative estimate of drug-likeness (QED) is 0.530. The Kier molecular flexibility index (Phi) is 6.74. The Bertz CT molecular complexity index is 1280. The van der Waals surface area contributed by atoms with Crippen molar-refractivity contribution < 1.29 is 28.6 Å². The van der Waals surface area contributed by atoms with E-state index in [0.717, 1.165) is 9.79 Å². The van der Waals surface area contributed by atoms with Crippen LogP contribution in [0.25, 0.3) is 0 Å². The number of methoxy groups -OCH3 is 3. The fraction of sp³-hybridized carbons (Fsp3) is 0.160.